The minimum absolute atomic E-state index is 0.448. The van der Waals surface area contributed by atoms with E-state index in [0.29, 0.717) is 17.8 Å². The van der Waals surface area contributed by atoms with E-state index in [1.807, 2.05) is 19.4 Å². The Kier molecular flexibility index (Phi) is 2.85. The Bertz CT molecular complexity index is 892. The second kappa shape index (κ2) is 5.06. The fourth-order valence-electron chi connectivity index (χ4n) is 3.90. The molecule has 6 heteroatoms. The Morgan fingerprint density at radius 3 is 3.04 bits per heavy atom. The summed E-state index contributed by atoms with van der Waals surface area (Å²) in [5, 5.41) is 3.13. The van der Waals surface area contributed by atoms with E-state index < -0.39 is 0 Å². The molecule has 1 saturated carbocycles. The number of anilines is 1. The molecule has 0 radical (unpaired) electrons. The number of rotatable bonds is 3. The summed E-state index contributed by atoms with van der Waals surface area (Å²) in [6.07, 6.45) is 7.15. The molecule has 1 aliphatic carbocycles. The van der Waals surface area contributed by atoms with E-state index in [9.17, 15) is 0 Å². The van der Waals surface area contributed by atoms with Gasteiger partial charge in [-0.3, -0.25) is 0 Å². The molecule has 6 nitrogen and oxygen atoms in total. The normalized spacial score (nSPS) is 23.8. The third-order valence-electron chi connectivity index (χ3n) is 5.09. The van der Waals surface area contributed by atoms with Crippen LogP contribution in [0, 0.1) is 5.92 Å². The number of aromatic nitrogens is 4. The van der Waals surface area contributed by atoms with Crippen molar-refractivity contribution in [2.75, 3.05) is 19.0 Å². The molecule has 0 bridgehead atoms. The number of hydrogen-bond acceptors (Lipinski definition) is 5. The van der Waals surface area contributed by atoms with E-state index in [1.54, 1.807) is 12.7 Å². The molecule has 3 aromatic rings. The van der Waals surface area contributed by atoms with Gasteiger partial charge in [0, 0.05) is 42.8 Å². The molecule has 1 aliphatic heterocycles. The van der Waals surface area contributed by atoms with Crippen molar-refractivity contribution in [1.82, 2.24) is 19.9 Å². The lowest BCUT2D eigenvalue weighted by Gasteiger charge is -2.17. The summed E-state index contributed by atoms with van der Waals surface area (Å²) in [6, 6.07) is 6.36. The van der Waals surface area contributed by atoms with Crippen LogP contribution in [-0.2, 0) is 0 Å². The molecule has 24 heavy (non-hydrogen) atoms. The lowest BCUT2D eigenvalue weighted by Crippen LogP contribution is -2.08. The van der Waals surface area contributed by atoms with Crippen LogP contribution >= 0.6 is 0 Å². The fraction of sp³-hybridized carbons (Fsp3) is 0.278. The van der Waals surface area contributed by atoms with Crippen LogP contribution in [0.4, 0.5) is 5.82 Å². The first kappa shape index (κ1) is 13.5. The number of H-pyrrole nitrogens is 1. The monoisotopic (exact) mass is 319 g/mol. The largest absolute Gasteiger partial charge is 0.493 e. The fourth-order valence-corrected chi connectivity index (χ4v) is 3.90. The summed E-state index contributed by atoms with van der Waals surface area (Å²) in [5.74, 6) is 3.27. The van der Waals surface area contributed by atoms with Crippen LogP contribution in [0.25, 0.3) is 11.1 Å². The Balaban J connectivity index is 1.56. The van der Waals surface area contributed by atoms with Gasteiger partial charge in [-0.15, -0.1) is 0 Å². The number of nitrogens with one attached hydrogen (secondary N) is 2. The SMILES string of the molecule is CNc1ncncc1-c1ccc2c(c1)[C@H]1C(c3c[nH]cn3)[C@H]1CO2. The molecule has 2 aliphatic rings. The highest BCUT2D eigenvalue weighted by Gasteiger charge is 2.56. The third-order valence-corrected chi connectivity index (χ3v) is 5.09. The highest BCUT2D eigenvalue weighted by atomic mass is 16.5. The van der Waals surface area contributed by atoms with Crippen LogP contribution in [0.15, 0.2) is 43.2 Å². The molecule has 0 saturated heterocycles. The minimum atomic E-state index is 0.448. The predicted octanol–water partition coefficient (Wildman–Crippen LogP) is 2.80. The molecule has 2 N–H and O–H groups in total. The number of benzene rings is 1. The average molecular weight is 319 g/mol. The van der Waals surface area contributed by atoms with Crippen LogP contribution in [0.1, 0.15) is 23.1 Å². The summed E-state index contributed by atoms with van der Waals surface area (Å²) < 4.78 is 5.97. The Morgan fingerprint density at radius 2 is 2.21 bits per heavy atom. The van der Waals surface area contributed by atoms with E-state index in [1.165, 1.54) is 5.56 Å². The number of imidazole rings is 1. The number of aromatic amines is 1. The molecule has 1 fully saturated rings. The number of fused-ring (bicyclic) bond motifs is 3. The van der Waals surface area contributed by atoms with Gasteiger partial charge in [0.25, 0.3) is 0 Å². The molecular weight excluding hydrogens is 302 g/mol. The summed E-state index contributed by atoms with van der Waals surface area (Å²) in [6.45, 7) is 0.769. The van der Waals surface area contributed by atoms with Gasteiger partial charge in [-0.1, -0.05) is 6.07 Å². The van der Waals surface area contributed by atoms with Gasteiger partial charge in [0.15, 0.2) is 0 Å². The predicted molar refractivity (Wildman–Crippen MR) is 90.1 cm³/mol. The van der Waals surface area contributed by atoms with Gasteiger partial charge < -0.3 is 15.0 Å². The van der Waals surface area contributed by atoms with Crippen LogP contribution in [0.5, 0.6) is 5.75 Å². The number of ether oxygens (including phenoxy) is 1. The van der Waals surface area contributed by atoms with E-state index in [-0.39, 0.29) is 0 Å². The summed E-state index contributed by atoms with van der Waals surface area (Å²) in [7, 11) is 1.87. The molecule has 5 rings (SSSR count). The minimum Gasteiger partial charge on any atom is -0.493 e. The smallest absolute Gasteiger partial charge is 0.137 e. The van der Waals surface area contributed by atoms with Gasteiger partial charge in [0.2, 0.25) is 0 Å². The highest BCUT2D eigenvalue weighted by Crippen LogP contribution is 2.64. The van der Waals surface area contributed by atoms with Crippen molar-refractivity contribution in [3.05, 3.63) is 54.5 Å². The lowest BCUT2D eigenvalue weighted by molar-refractivity contribution is 0.277. The molecular formula is C18H17N5O. The first-order chi connectivity index (χ1) is 11.9. The molecule has 120 valence electrons. The third kappa shape index (κ3) is 1.92. The van der Waals surface area contributed by atoms with Crippen LogP contribution in [0.2, 0.25) is 0 Å². The molecule has 3 atom stereocenters. The second-order valence-corrected chi connectivity index (χ2v) is 6.31. The molecule has 1 unspecified atom stereocenters. The first-order valence-corrected chi connectivity index (χ1v) is 8.10. The zero-order valence-corrected chi connectivity index (χ0v) is 13.2. The van der Waals surface area contributed by atoms with Crippen molar-refractivity contribution >= 4 is 5.82 Å². The van der Waals surface area contributed by atoms with Crippen LogP contribution in [0.3, 0.4) is 0 Å². The van der Waals surface area contributed by atoms with E-state index >= 15 is 0 Å². The Labute approximate surface area is 139 Å². The van der Waals surface area contributed by atoms with Crippen LogP contribution in [-0.4, -0.2) is 33.6 Å². The maximum Gasteiger partial charge on any atom is 0.137 e. The quantitative estimate of drug-likeness (QED) is 0.776. The number of nitrogens with zero attached hydrogens (tertiary/aromatic N) is 3. The van der Waals surface area contributed by atoms with Crippen molar-refractivity contribution < 1.29 is 4.74 Å². The zero-order valence-electron chi connectivity index (χ0n) is 13.2. The molecule has 1 aromatic carbocycles. The van der Waals surface area contributed by atoms with Crippen molar-refractivity contribution in [2.24, 2.45) is 5.92 Å². The summed E-state index contributed by atoms with van der Waals surface area (Å²) >= 11 is 0. The second-order valence-electron chi connectivity index (χ2n) is 6.31. The zero-order chi connectivity index (χ0) is 16.1. The average Bonchev–Trinajstić information content (AvgIpc) is 3.13. The van der Waals surface area contributed by atoms with Gasteiger partial charge in [0.05, 0.1) is 18.6 Å². The van der Waals surface area contributed by atoms with E-state index in [2.05, 4.69) is 43.5 Å². The standard InChI is InChI=1S/C18H17N5O/c1-19-18-12(5-20-9-23-18)10-2-3-15-11(4-10)16-13(7-24-15)17(16)14-6-21-8-22-14/h2-6,8-9,13,16-17H,7H2,1H3,(H,21,22)(H,19,20,23)/t13-,16+,17?/m0/s1. The van der Waals surface area contributed by atoms with Crippen molar-refractivity contribution in [3.8, 4) is 16.9 Å². The van der Waals surface area contributed by atoms with Gasteiger partial charge in [-0.2, -0.15) is 0 Å². The molecule has 0 amide bonds. The van der Waals surface area contributed by atoms with Gasteiger partial charge >= 0.3 is 0 Å². The van der Waals surface area contributed by atoms with Gasteiger partial charge in [0.1, 0.15) is 17.9 Å². The first-order valence-electron chi connectivity index (χ1n) is 8.10. The highest BCUT2D eigenvalue weighted by molar-refractivity contribution is 5.75. The van der Waals surface area contributed by atoms with Crippen LogP contribution < -0.4 is 10.1 Å². The van der Waals surface area contributed by atoms with Gasteiger partial charge in [-0.05, 0) is 23.3 Å². The summed E-state index contributed by atoms with van der Waals surface area (Å²) in [5.41, 5.74) is 4.51. The Hall–Kier alpha value is -2.89. The molecule has 0 spiro atoms. The molecule has 2 aromatic heterocycles. The topological polar surface area (TPSA) is 75.7 Å². The maximum atomic E-state index is 5.97. The Morgan fingerprint density at radius 1 is 1.25 bits per heavy atom. The van der Waals surface area contributed by atoms with E-state index in [4.69, 9.17) is 4.74 Å². The van der Waals surface area contributed by atoms with Crippen molar-refractivity contribution in [1.29, 1.82) is 0 Å². The molecule has 3 heterocycles. The van der Waals surface area contributed by atoms with Crippen molar-refractivity contribution in [2.45, 2.75) is 11.8 Å². The van der Waals surface area contributed by atoms with Crippen molar-refractivity contribution in [3.63, 3.8) is 0 Å². The van der Waals surface area contributed by atoms with E-state index in [0.717, 1.165) is 35.0 Å². The lowest BCUT2D eigenvalue weighted by atomic mass is 9.99. The number of hydrogen-bond donors (Lipinski definition) is 2. The summed E-state index contributed by atoms with van der Waals surface area (Å²) in [4.78, 5) is 16.0. The van der Waals surface area contributed by atoms with Gasteiger partial charge in [-0.25, -0.2) is 15.0 Å². The maximum absolute atomic E-state index is 5.97.